The number of fused-ring (bicyclic) bond motifs is 1. The van der Waals surface area contributed by atoms with Gasteiger partial charge in [-0.25, -0.2) is 28.6 Å². The Kier molecular flexibility index (Phi) is 22.6. The van der Waals surface area contributed by atoms with Crippen molar-refractivity contribution in [3.63, 3.8) is 0 Å². The van der Waals surface area contributed by atoms with E-state index in [-0.39, 0.29) is 101 Å². The number of aliphatic carboxylic acids is 1. The zero-order valence-corrected chi connectivity index (χ0v) is 40.3. The van der Waals surface area contributed by atoms with Crippen molar-refractivity contribution >= 4 is 134 Å². The molecule has 3 heterocycles. The number of anilines is 1. The van der Waals surface area contributed by atoms with Gasteiger partial charge in [0.25, 0.3) is 0 Å². The van der Waals surface area contributed by atoms with E-state index in [2.05, 4.69) is 34.4 Å². The molecule has 2 aromatic heterocycles. The van der Waals surface area contributed by atoms with Gasteiger partial charge in [-0.05, 0) is 6.92 Å². The Hall–Kier alpha value is -1.01. The van der Waals surface area contributed by atoms with Crippen LogP contribution in [0.4, 0.5) is 5.82 Å². The van der Waals surface area contributed by atoms with Gasteiger partial charge in [-0.15, -0.1) is 0 Å². The van der Waals surface area contributed by atoms with Crippen LogP contribution < -0.4 is 16.4 Å². The van der Waals surface area contributed by atoms with Crippen LogP contribution in [0.2, 0.25) is 0 Å². The fourth-order valence-electron chi connectivity index (χ4n) is 5.05. The van der Waals surface area contributed by atoms with Crippen molar-refractivity contribution in [1.29, 1.82) is 0 Å². The molecular formula is C27H44N7Na2O20P3S. The molecule has 2 aromatic rings. The largest absolute Gasteiger partial charge is 0.481 e. The summed E-state index contributed by atoms with van der Waals surface area (Å²) in [6.45, 7) is 1.29. The third-order valence-electron chi connectivity index (χ3n) is 7.82. The number of carboxylic acids is 1. The Labute approximate surface area is 389 Å². The summed E-state index contributed by atoms with van der Waals surface area (Å²) in [6, 6.07) is 0. The molecule has 60 heavy (non-hydrogen) atoms. The van der Waals surface area contributed by atoms with E-state index >= 15 is 0 Å². The molecule has 12 N–H and O–H groups in total. The summed E-state index contributed by atoms with van der Waals surface area (Å²) in [6.07, 6.45) is -8.22. The van der Waals surface area contributed by atoms with Crippen LogP contribution in [0.5, 0.6) is 0 Å². The summed E-state index contributed by atoms with van der Waals surface area (Å²) in [5, 5.41) is 44.4. The average Bonchev–Trinajstić information content (AvgIpc) is 3.63. The van der Waals surface area contributed by atoms with E-state index in [4.69, 9.17) is 24.6 Å². The fourth-order valence-corrected chi connectivity index (χ4v) is 8.72. The Bertz CT molecular complexity index is 1960. The quantitative estimate of drug-likeness (QED) is 0.0312. The zero-order chi connectivity index (χ0) is 43.9. The number of nitrogens with zero attached hydrogens (tertiary/aromatic N) is 4. The Morgan fingerprint density at radius 2 is 1.63 bits per heavy atom. The summed E-state index contributed by atoms with van der Waals surface area (Å²) in [5.74, 6) is -2.81. The van der Waals surface area contributed by atoms with Gasteiger partial charge in [0.1, 0.15) is 36.3 Å². The molecule has 27 nitrogen and oxygen atoms in total. The van der Waals surface area contributed by atoms with Crippen molar-refractivity contribution in [2.75, 3.05) is 37.8 Å². The minimum atomic E-state index is -5.60. The van der Waals surface area contributed by atoms with Crippen LogP contribution in [-0.2, 0) is 55.5 Å². The number of ether oxygens (including phenoxy) is 1. The zero-order valence-electron chi connectivity index (χ0n) is 32.8. The summed E-state index contributed by atoms with van der Waals surface area (Å²) >= 11 is 0.771. The van der Waals surface area contributed by atoms with Gasteiger partial charge >= 0.3 is 29.4 Å². The molecule has 2 amide bonds. The molecule has 1 aliphatic rings. The van der Waals surface area contributed by atoms with Crippen LogP contribution in [0, 0.1) is 5.41 Å². The molecule has 0 aromatic carbocycles. The predicted octanol–water partition coefficient (Wildman–Crippen LogP) is -2.48. The van der Waals surface area contributed by atoms with Crippen LogP contribution in [0.15, 0.2) is 12.7 Å². The number of carbonyl (C=O) groups is 4. The van der Waals surface area contributed by atoms with Gasteiger partial charge in [-0.1, -0.05) is 25.6 Å². The maximum Gasteiger partial charge on any atom is 0.481 e. The maximum atomic E-state index is 12.7. The second-order valence-electron chi connectivity index (χ2n) is 13.5. The fraction of sp³-hybridized carbons (Fsp3) is 0.667. The molecule has 1 aliphatic heterocycles. The van der Waals surface area contributed by atoms with Crippen LogP contribution in [-0.4, -0.2) is 204 Å². The van der Waals surface area contributed by atoms with Gasteiger partial charge < -0.3 is 61.1 Å². The first kappa shape index (κ1) is 57.0. The smallest absolute Gasteiger partial charge is 0.481 e. The third-order valence-corrected chi connectivity index (χ3v) is 11.8. The van der Waals surface area contributed by atoms with Crippen LogP contribution in [0.25, 0.3) is 11.2 Å². The molecule has 1 fully saturated rings. The van der Waals surface area contributed by atoms with Crippen molar-refractivity contribution in [3.8, 4) is 0 Å². The summed E-state index contributed by atoms with van der Waals surface area (Å²) in [5.41, 5.74) is 2.44. The maximum absolute atomic E-state index is 12.7. The van der Waals surface area contributed by atoms with Gasteiger partial charge in [0, 0.05) is 96.2 Å². The number of carbonyl (C=O) groups excluding carboxylic acids is 3. The molecular weight excluding hydrogens is 913 g/mol. The number of nitrogens with one attached hydrogen (secondary N) is 2. The van der Waals surface area contributed by atoms with E-state index in [1.54, 1.807) is 0 Å². The van der Waals surface area contributed by atoms with Crippen LogP contribution in [0.1, 0.15) is 46.3 Å². The summed E-state index contributed by atoms with van der Waals surface area (Å²) in [4.78, 5) is 98.2. The molecule has 33 heteroatoms. The van der Waals surface area contributed by atoms with E-state index in [0.717, 1.165) is 29.0 Å². The number of phosphoric ester groups is 3. The molecule has 3 unspecified atom stereocenters. The molecule has 2 radical (unpaired) electrons. The number of thioether (sulfide) groups is 1. The molecule has 0 aliphatic carbocycles. The normalized spacial score (nSPS) is 21.6. The second kappa shape index (κ2) is 23.8. The number of phosphoric acid groups is 3. The van der Waals surface area contributed by atoms with Gasteiger partial charge in [-0.3, -0.25) is 37.3 Å². The molecule has 0 saturated carbocycles. The van der Waals surface area contributed by atoms with E-state index in [9.17, 15) is 67.8 Å². The summed E-state index contributed by atoms with van der Waals surface area (Å²) in [7, 11) is -16.5. The van der Waals surface area contributed by atoms with Gasteiger partial charge in [0.2, 0.25) is 11.8 Å². The van der Waals surface area contributed by atoms with Crippen molar-refractivity contribution in [2.45, 2.75) is 76.3 Å². The number of nitrogen functional groups attached to an aromatic ring is 1. The number of rotatable bonds is 23. The minimum Gasteiger partial charge on any atom is -0.481 e. The number of hydrogen-bond acceptors (Lipinski definition) is 20. The van der Waals surface area contributed by atoms with Crippen molar-refractivity contribution < 1.29 is 95.5 Å². The molecule has 0 bridgehead atoms. The van der Waals surface area contributed by atoms with E-state index in [1.807, 2.05) is 0 Å². The molecule has 1 saturated heterocycles. The van der Waals surface area contributed by atoms with E-state index in [0.29, 0.717) is 0 Å². The van der Waals surface area contributed by atoms with Gasteiger partial charge in [0.05, 0.1) is 31.6 Å². The van der Waals surface area contributed by atoms with Crippen molar-refractivity contribution in [2.24, 2.45) is 5.41 Å². The molecule has 3 rings (SSSR count). The van der Waals surface area contributed by atoms with E-state index < -0.39 is 114 Å². The van der Waals surface area contributed by atoms with Crippen LogP contribution >= 0.6 is 35.2 Å². The van der Waals surface area contributed by atoms with Gasteiger partial charge in [-0.2, -0.15) is 4.31 Å². The Balaban J connectivity index is 0.00000900. The number of aliphatic hydroxyl groups excluding tert-OH is 2. The first-order chi connectivity index (χ1) is 26.6. The van der Waals surface area contributed by atoms with Gasteiger partial charge in [0.15, 0.2) is 22.8 Å². The van der Waals surface area contributed by atoms with Crippen LogP contribution in [0.3, 0.4) is 0 Å². The first-order valence-electron chi connectivity index (χ1n) is 16.6. The summed E-state index contributed by atoms with van der Waals surface area (Å²) < 4.78 is 62.0. The molecule has 8 atom stereocenters. The number of nitrogens with two attached hydrogens (primary N) is 1. The molecule has 330 valence electrons. The topological polar surface area (TPSA) is 421 Å². The first-order valence-corrected chi connectivity index (χ1v) is 22.1. The Morgan fingerprint density at radius 3 is 2.25 bits per heavy atom. The number of carboxylic acid groups (broad SMARTS) is 1. The van der Waals surface area contributed by atoms with E-state index in [1.165, 1.54) is 20.8 Å². The third kappa shape index (κ3) is 18.2. The van der Waals surface area contributed by atoms with Crippen molar-refractivity contribution in [3.05, 3.63) is 12.7 Å². The number of hydrogen-bond donors (Lipinski definition) is 11. The monoisotopic (exact) mass is 957 g/mol. The average molecular weight is 958 g/mol. The standard InChI is InChI=1S/C27H44N7O20P3S.2Na/c1-26(2,21(40)24(41)30-5-4-15(35)29-6-7-58-17(38)9-27(3,42)8-16(36)37)11-51-57(48,49)54-56(46,47)50-10-14-20(53-55(43,44)45)19(39)25(52-14)34-13-33-18-22(28)31-12-32-23(18)34;;/h12-14,19-21,25,39-40,42H,4-11H2,1-3H3,(H,29,35)(H,30,41)(H,36,37)(H,46,47)(H,48,49)(H2,28,31,32)(H2,43,44,45);;/t14-,19-,20-,21+,25-,27?;;/m1../s1. The number of imidazole rings is 1. The number of aliphatic hydroxyl groups is 3. The minimum absolute atomic E-state index is 0. The number of aromatic nitrogens is 4. The Morgan fingerprint density at radius 1 is 1.00 bits per heavy atom. The molecule has 0 spiro atoms. The predicted molar refractivity (Wildman–Crippen MR) is 206 cm³/mol. The second-order valence-corrected chi connectivity index (χ2v) is 18.9. The number of amides is 2. The van der Waals surface area contributed by atoms with Crippen molar-refractivity contribution in [1.82, 2.24) is 30.2 Å². The SMILES string of the molecule is CC(O)(CC(=O)O)CC(=O)SCCNC(=O)CCNC(=O)[C@H](O)C(C)(C)COP(=O)(O)OP(=O)(O)OC[C@H]1O[C@@H](n2cnc3c(N)ncnc32)[C@H](O)[C@@H]1OP(=O)(O)O.[Na].[Na].